The number of aryl methyl sites for hydroxylation is 2. The zero-order chi connectivity index (χ0) is 19.6. The molecule has 0 fully saturated rings. The highest BCUT2D eigenvalue weighted by atomic mass is 32.2. The van der Waals surface area contributed by atoms with Crippen LogP contribution in [0.4, 0.5) is 5.69 Å². The van der Waals surface area contributed by atoms with Gasteiger partial charge in [0.05, 0.1) is 11.5 Å². The maximum absolute atomic E-state index is 12.5. The summed E-state index contributed by atoms with van der Waals surface area (Å²) >= 11 is 0. The Labute approximate surface area is 160 Å². The molecular formula is C21H25NO4S. The van der Waals surface area contributed by atoms with E-state index in [-0.39, 0.29) is 23.3 Å². The van der Waals surface area contributed by atoms with E-state index in [0.717, 1.165) is 36.1 Å². The van der Waals surface area contributed by atoms with Crippen molar-refractivity contribution in [1.29, 1.82) is 0 Å². The third-order valence-electron chi connectivity index (χ3n) is 4.90. The molecule has 1 aliphatic rings. The van der Waals surface area contributed by atoms with Gasteiger partial charge in [-0.3, -0.25) is 8.98 Å². The number of hydrogen-bond donors (Lipinski definition) is 1. The van der Waals surface area contributed by atoms with Crippen molar-refractivity contribution < 1.29 is 17.4 Å². The predicted octanol–water partition coefficient (Wildman–Crippen LogP) is 3.95. The van der Waals surface area contributed by atoms with Crippen LogP contribution in [0, 0.1) is 6.92 Å². The van der Waals surface area contributed by atoms with E-state index in [1.165, 1.54) is 18.1 Å². The lowest BCUT2D eigenvalue weighted by Gasteiger charge is -2.27. The first-order valence-corrected chi connectivity index (χ1v) is 10.6. The fraction of sp³-hybridized carbons (Fsp3) is 0.381. The molecule has 6 heteroatoms. The summed E-state index contributed by atoms with van der Waals surface area (Å²) in [6.45, 7) is 5.26. The van der Waals surface area contributed by atoms with Crippen LogP contribution >= 0.6 is 0 Å². The van der Waals surface area contributed by atoms with E-state index in [1.54, 1.807) is 13.0 Å². The molecule has 144 valence electrons. The number of rotatable bonds is 5. The number of amides is 1. The average Bonchev–Trinajstić information content (AvgIpc) is 2.60. The highest BCUT2D eigenvalue weighted by Crippen LogP contribution is 2.37. The van der Waals surface area contributed by atoms with Gasteiger partial charge in [0.2, 0.25) is 5.91 Å². The van der Waals surface area contributed by atoms with Gasteiger partial charge < -0.3 is 5.32 Å². The Kier molecular flexibility index (Phi) is 5.67. The summed E-state index contributed by atoms with van der Waals surface area (Å²) in [7, 11) is -3.75. The molecule has 0 radical (unpaired) electrons. The van der Waals surface area contributed by atoms with Gasteiger partial charge in [-0.1, -0.05) is 23.8 Å². The molecule has 0 aromatic heterocycles. The molecule has 0 spiro atoms. The second kappa shape index (κ2) is 7.82. The summed E-state index contributed by atoms with van der Waals surface area (Å²) in [5.41, 5.74) is 5.07. The Morgan fingerprint density at radius 1 is 1.19 bits per heavy atom. The smallest absolute Gasteiger partial charge is 0.297 e. The first-order chi connectivity index (χ1) is 12.8. The lowest BCUT2D eigenvalue weighted by molar-refractivity contribution is -0.114. The summed E-state index contributed by atoms with van der Waals surface area (Å²) in [6.07, 6.45) is 2.47. The van der Waals surface area contributed by atoms with Crippen LogP contribution in [0.5, 0.6) is 0 Å². The maximum atomic E-state index is 12.5. The number of nitrogens with one attached hydrogen (secondary N) is 1. The number of fused-ring (bicyclic) bond motifs is 1. The summed E-state index contributed by atoms with van der Waals surface area (Å²) in [6, 6.07) is 11.4. The largest absolute Gasteiger partial charge is 0.326 e. The molecule has 2 aromatic rings. The molecule has 1 amide bonds. The highest BCUT2D eigenvalue weighted by Gasteiger charge is 2.27. The summed E-state index contributed by atoms with van der Waals surface area (Å²) in [5, 5.41) is 2.81. The van der Waals surface area contributed by atoms with Crippen LogP contribution in [-0.2, 0) is 31.9 Å². The van der Waals surface area contributed by atoms with Crippen LogP contribution < -0.4 is 5.32 Å². The quantitative estimate of drug-likeness (QED) is 0.789. The van der Waals surface area contributed by atoms with Crippen molar-refractivity contribution in [2.24, 2.45) is 0 Å². The molecule has 2 aromatic carbocycles. The molecule has 0 aliphatic heterocycles. The van der Waals surface area contributed by atoms with E-state index >= 15 is 0 Å². The van der Waals surface area contributed by atoms with Gasteiger partial charge >= 0.3 is 0 Å². The van der Waals surface area contributed by atoms with Crippen LogP contribution in [0.3, 0.4) is 0 Å². The Hall–Kier alpha value is -2.18. The molecule has 1 aliphatic carbocycles. The Bertz CT molecular complexity index is 966. The molecular weight excluding hydrogens is 362 g/mol. The molecule has 0 saturated carbocycles. The van der Waals surface area contributed by atoms with E-state index in [2.05, 4.69) is 5.32 Å². The van der Waals surface area contributed by atoms with Gasteiger partial charge in [0.25, 0.3) is 10.1 Å². The van der Waals surface area contributed by atoms with Crippen molar-refractivity contribution >= 4 is 21.7 Å². The number of carbonyl (C=O) groups excluding carboxylic acids is 1. The standard InChI is InChI=1S/C21H25NO4S/c1-4-26-27(24,25)21-10-5-14(2)11-20(21)18-7-6-17-13-19(22-15(3)23)9-8-16(17)12-18/h5,8-11,13,18H,4,6-7,12H2,1-3H3,(H,22,23). The van der Waals surface area contributed by atoms with Gasteiger partial charge in [0, 0.05) is 12.6 Å². The van der Waals surface area contributed by atoms with Crippen LogP contribution in [0.25, 0.3) is 0 Å². The normalized spacial score (nSPS) is 16.6. The van der Waals surface area contributed by atoms with Crippen molar-refractivity contribution in [1.82, 2.24) is 0 Å². The Balaban J connectivity index is 1.93. The number of carbonyl (C=O) groups is 1. The van der Waals surface area contributed by atoms with E-state index in [9.17, 15) is 13.2 Å². The lowest BCUT2D eigenvalue weighted by atomic mass is 9.79. The SMILES string of the molecule is CCOS(=O)(=O)c1ccc(C)cc1C1CCc2cc(NC(C)=O)ccc2C1. The van der Waals surface area contributed by atoms with Crippen molar-refractivity contribution in [2.45, 2.75) is 50.8 Å². The molecule has 0 heterocycles. The van der Waals surface area contributed by atoms with Gasteiger partial charge in [-0.25, -0.2) is 0 Å². The minimum Gasteiger partial charge on any atom is -0.326 e. The molecule has 1 unspecified atom stereocenters. The predicted molar refractivity (Wildman–Crippen MR) is 106 cm³/mol. The highest BCUT2D eigenvalue weighted by molar-refractivity contribution is 7.86. The van der Waals surface area contributed by atoms with Crippen LogP contribution in [0.1, 0.15) is 48.4 Å². The second-order valence-corrected chi connectivity index (χ2v) is 8.59. The first kappa shape index (κ1) is 19.6. The van der Waals surface area contributed by atoms with Crippen LogP contribution in [-0.4, -0.2) is 20.9 Å². The van der Waals surface area contributed by atoms with Gasteiger partial charge in [-0.2, -0.15) is 8.42 Å². The minimum absolute atomic E-state index is 0.0887. The number of benzene rings is 2. The monoisotopic (exact) mass is 387 g/mol. The zero-order valence-electron chi connectivity index (χ0n) is 15.9. The number of anilines is 1. The molecule has 1 N–H and O–H groups in total. The topological polar surface area (TPSA) is 72.5 Å². The lowest BCUT2D eigenvalue weighted by Crippen LogP contribution is -2.17. The van der Waals surface area contributed by atoms with E-state index in [0.29, 0.717) is 0 Å². The molecule has 0 bridgehead atoms. The summed E-state index contributed by atoms with van der Waals surface area (Å²) < 4.78 is 30.1. The maximum Gasteiger partial charge on any atom is 0.297 e. The first-order valence-electron chi connectivity index (χ1n) is 9.19. The van der Waals surface area contributed by atoms with Crippen molar-refractivity contribution in [3.8, 4) is 0 Å². The molecule has 3 rings (SSSR count). The third kappa shape index (κ3) is 4.39. The van der Waals surface area contributed by atoms with Gasteiger partial charge in [-0.05, 0) is 73.9 Å². The fourth-order valence-electron chi connectivity index (χ4n) is 3.73. The number of hydrogen-bond acceptors (Lipinski definition) is 4. The zero-order valence-corrected chi connectivity index (χ0v) is 16.7. The van der Waals surface area contributed by atoms with Crippen molar-refractivity contribution in [3.05, 3.63) is 58.7 Å². The summed E-state index contributed by atoms with van der Waals surface area (Å²) in [5.74, 6) is 0.0309. The summed E-state index contributed by atoms with van der Waals surface area (Å²) in [4.78, 5) is 11.5. The van der Waals surface area contributed by atoms with E-state index in [4.69, 9.17) is 4.18 Å². The van der Waals surface area contributed by atoms with Crippen LogP contribution in [0.2, 0.25) is 0 Å². The van der Waals surface area contributed by atoms with Gasteiger partial charge in [0.15, 0.2) is 0 Å². The van der Waals surface area contributed by atoms with Crippen LogP contribution in [0.15, 0.2) is 41.3 Å². The van der Waals surface area contributed by atoms with E-state index in [1.807, 2.05) is 37.3 Å². The Morgan fingerprint density at radius 2 is 1.96 bits per heavy atom. The molecule has 0 saturated heterocycles. The molecule has 27 heavy (non-hydrogen) atoms. The molecule has 5 nitrogen and oxygen atoms in total. The van der Waals surface area contributed by atoms with Crippen molar-refractivity contribution in [2.75, 3.05) is 11.9 Å². The average molecular weight is 388 g/mol. The van der Waals surface area contributed by atoms with Crippen molar-refractivity contribution in [3.63, 3.8) is 0 Å². The minimum atomic E-state index is -3.75. The fourth-order valence-corrected chi connectivity index (χ4v) is 4.92. The Morgan fingerprint density at radius 3 is 2.67 bits per heavy atom. The second-order valence-electron chi connectivity index (χ2n) is 7.01. The van der Waals surface area contributed by atoms with Gasteiger partial charge in [0.1, 0.15) is 0 Å². The van der Waals surface area contributed by atoms with E-state index < -0.39 is 10.1 Å². The molecule has 1 atom stereocenters. The third-order valence-corrected chi connectivity index (χ3v) is 6.36. The van der Waals surface area contributed by atoms with Gasteiger partial charge in [-0.15, -0.1) is 0 Å².